The topological polar surface area (TPSA) is 55.1 Å². The Hall–Kier alpha value is -2.07. The second kappa shape index (κ2) is 6.14. The number of amides is 1. The van der Waals surface area contributed by atoms with E-state index in [1.807, 2.05) is 0 Å². The maximum absolute atomic E-state index is 13.6. The Balaban J connectivity index is 2.16. The molecule has 5 heteroatoms. The number of nitrogens with one attached hydrogen (secondary N) is 1. The monoisotopic (exact) mass is 306 g/mol. The van der Waals surface area contributed by atoms with E-state index in [4.69, 9.17) is 17.3 Å². The third-order valence-corrected chi connectivity index (χ3v) is 3.59. The number of benzene rings is 2. The van der Waals surface area contributed by atoms with Crippen LogP contribution in [0.15, 0.2) is 36.4 Å². The molecule has 0 aliphatic rings. The van der Waals surface area contributed by atoms with Crippen LogP contribution < -0.4 is 11.1 Å². The van der Waals surface area contributed by atoms with E-state index in [2.05, 4.69) is 5.32 Å². The predicted octanol–water partition coefficient (Wildman–Crippen LogP) is 3.86. The van der Waals surface area contributed by atoms with Gasteiger partial charge in [-0.25, -0.2) is 4.39 Å². The van der Waals surface area contributed by atoms with E-state index < -0.39 is 0 Å². The number of halogens is 2. The molecule has 1 unspecified atom stereocenters. The van der Waals surface area contributed by atoms with Gasteiger partial charge in [-0.3, -0.25) is 4.79 Å². The highest BCUT2D eigenvalue weighted by Gasteiger charge is 2.15. The number of hydrogen-bond donors (Lipinski definition) is 2. The first kappa shape index (κ1) is 15.3. The van der Waals surface area contributed by atoms with Gasteiger partial charge in [-0.2, -0.15) is 0 Å². The molecule has 0 spiro atoms. The van der Waals surface area contributed by atoms with Gasteiger partial charge in [0.1, 0.15) is 5.82 Å². The number of aryl methyl sites for hydroxylation is 1. The van der Waals surface area contributed by atoms with Crippen LogP contribution in [-0.4, -0.2) is 5.91 Å². The Kier molecular flexibility index (Phi) is 4.48. The summed E-state index contributed by atoms with van der Waals surface area (Å²) in [5, 5.41) is 3.08. The number of nitrogens with two attached hydrogens (primary N) is 1. The summed E-state index contributed by atoms with van der Waals surface area (Å²) in [6, 6.07) is 9.25. The SMILES string of the molecule is Cc1ccc(C(C)NC(=O)c2ccc(N)cc2Cl)cc1F. The van der Waals surface area contributed by atoms with Crippen molar-refractivity contribution in [2.75, 3.05) is 5.73 Å². The van der Waals surface area contributed by atoms with Crippen molar-refractivity contribution >= 4 is 23.2 Å². The van der Waals surface area contributed by atoms with Crippen molar-refractivity contribution in [2.24, 2.45) is 0 Å². The summed E-state index contributed by atoms with van der Waals surface area (Å²) in [7, 11) is 0. The molecule has 0 fully saturated rings. The maximum atomic E-state index is 13.6. The molecule has 2 aromatic rings. The zero-order valence-corrected chi connectivity index (χ0v) is 12.5. The third-order valence-electron chi connectivity index (χ3n) is 3.28. The van der Waals surface area contributed by atoms with Crippen LogP contribution in [0.5, 0.6) is 0 Å². The second-order valence-corrected chi connectivity index (χ2v) is 5.35. The molecule has 0 bridgehead atoms. The highest BCUT2D eigenvalue weighted by molar-refractivity contribution is 6.34. The summed E-state index contributed by atoms with van der Waals surface area (Å²) in [5.41, 5.74) is 7.68. The number of nitrogen functional groups attached to an aromatic ring is 1. The summed E-state index contributed by atoms with van der Waals surface area (Å²) in [4.78, 5) is 12.2. The summed E-state index contributed by atoms with van der Waals surface area (Å²) in [6.07, 6.45) is 0. The van der Waals surface area contributed by atoms with Crippen molar-refractivity contribution in [1.29, 1.82) is 0 Å². The van der Waals surface area contributed by atoms with Crippen LogP contribution in [0.1, 0.15) is 34.5 Å². The molecule has 0 saturated carbocycles. The van der Waals surface area contributed by atoms with Gasteiger partial charge in [-0.15, -0.1) is 0 Å². The normalized spacial score (nSPS) is 12.0. The molecule has 110 valence electrons. The van der Waals surface area contributed by atoms with E-state index in [0.29, 0.717) is 22.4 Å². The summed E-state index contributed by atoms with van der Waals surface area (Å²) >= 11 is 6.00. The van der Waals surface area contributed by atoms with Crippen LogP contribution >= 0.6 is 11.6 Å². The van der Waals surface area contributed by atoms with Crippen LogP contribution in [0, 0.1) is 12.7 Å². The highest BCUT2D eigenvalue weighted by Crippen LogP contribution is 2.21. The molecule has 0 aliphatic carbocycles. The van der Waals surface area contributed by atoms with Crippen molar-refractivity contribution in [2.45, 2.75) is 19.9 Å². The van der Waals surface area contributed by atoms with E-state index in [1.165, 1.54) is 12.1 Å². The smallest absolute Gasteiger partial charge is 0.253 e. The Bertz CT molecular complexity index is 688. The van der Waals surface area contributed by atoms with Crippen LogP contribution in [-0.2, 0) is 0 Å². The van der Waals surface area contributed by atoms with Crippen LogP contribution in [0.3, 0.4) is 0 Å². The van der Waals surface area contributed by atoms with Crippen LogP contribution in [0.25, 0.3) is 0 Å². The largest absolute Gasteiger partial charge is 0.399 e. The molecule has 0 radical (unpaired) electrons. The van der Waals surface area contributed by atoms with Gasteiger partial charge in [0.05, 0.1) is 16.6 Å². The zero-order chi connectivity index (χ0) is 15.6. The van der Waals surface area contributed by atoms with Gasteiger partial charge < -0.3 is 11.1 Å². The number of anilines is 1. The standard InChI is InChI=1S/C16H16ClFN2O/c1-9-3-4-11(7-15(9)18)10(2)20-16(21)13-6-5-12(19)8-14(13)17/h3-8,10H,19H2,1-2H3,(H,20,21). The summed E-state index contributed by atoms with van der Waals surface area (Å²) < 4.78 is 13.6. The molecule has 3 nitrogen and oxygen atoms in total. The first-order valence-electron chi connectivity index (χ1n) is 6.50. The lowest BCUT2D eigenvalue weighted by atomic mass is 10.1. The van der Waals surface area contributed by atoms with Crippen molar-refractivity contribution in [1.82, 2.24) is 5.32 Å². The average Bonchev–Trinajstić information content (AvgIpc) is 2.41. The van der Waals surface area contributed by atoms with Gasteiger partial charge in [0.25, 0.3) is 5.91 Å². The molecule has 2 rings (SSSR count). The fourth-order valence-electron chi connectivity index (χ4n) is 1.95. The van der Waals surface area contributed by atoms with Crippen molar-refractivity contribution in [3.63, 3.8) is 0 Å². The van der Waals surface area contributed by atoms with Gasteiger partial charge >= 0.3 is 0 Å². The number of carbonyl (C=O) groups excluding carboxylic acids is 1. The van der Waals surface area contributed by atoms with Gasteiger partial charge in [0.15, 0.2) is 0 Å². The maximum Gasteiger partial charge on any atom is 0.253 e. The molecule has 0 heterocycles. The second-order valence-electron chi connectivity index (χ2n) is 4.94. The molecule has 0 saturated heterocycles. The van der Waals surface area contributed by atoms with Gasteiger partial charge in [0, 0.05) is 5.69 Å². The Morgan fingerprint density at radius 2 is 2.00 bits per heavy atom. The van der Waals surface area contributed by atoms with Gasteiger partial charge in [0.2, 0.25) is 0 Å². The third kappa shape index (κ3) is 3.52. The first-order chi connectivity index (χ1) is 9.88. The lowest BCUT2D eigenvalue weighted by molar-refractivity contribution is 0.0940. The summed E-state index contributed by atoms with van der Waals surface area (Å²) in [6.45, 7) is 3.48. The Morgan fingerprint density at radius 1 is 1.29 bits per heavy atom. The minimum Gasteiger partial charge on any atom is -0.399 e. The number of hydrogen-bond acceptors (Lipinski definition) is 2. The summed E-state index contributed by atoms with van der Waals surface area (Å²) in [5.74, 6) is -0.618. The van der Waals surface area contributed by atoms with E-state index >= 15 is 0 Å². The Morgan fingerprint density at radius 3 is 2.62 bits per heavy atom. The molecule has 2 aromatic carbocycles. The first-order valence-corrected chi connectivity index (χ1v) is 6.88. The lowest BCUT2D eigenvalue weighted by Crippen LogP contribution is -2.27. The zero-order valence-electron chi connectivity index (χ0n) is 11.8. The molecule has 0 aromatic heterocycles. The fourth-order valence-corrected chi connectivity index (χ4v) is 2.23. The Labute approximate surface area is 127 Å². The minimum absolute atomic E-state index is 0.287. The molecule has 1 amide bonds. The van der Waals surface area contributed by atoms with E-state index in [1.54, 1.807) is 38.1 Å². The van der Waals surface area contributed by atoms with E-state index in [-0.39, 0.29) is 22.8 Å². The number of carbonyl (C=O) groups is 1. The predicted molar refractivity (Wildman–Crippen MR) is 82.9 cm³/mol. The van der Waals surface area contributed by atoms with Crippen molar-refractivity contribution < 1.29 is 9.18 Å². The van der Waals surface area contributed by atoms with Crippen LogP contribution in [0.4, 0.5) is 10.1 Å². The van der Waals surface area contributed by atoms with Gasteiger partial charge in [-0.05, 0) is 49.2 Å². The molecule has 1 atom stereocenters. The molecule has 0 aliphatic heterocycles. The fraction of sp³-hybridized carbons (Fsp3) is 0.188. The average molecular weight is 307 g/mol. The molecule has 21 heavy (non-hydrogen) atoms. The van der Waals surface area contributed by atoms with Crippen LogP contribution in [0.2, 0.25) is 5.02 Å². The molecule has 3 N–H and O–H groups in total. The van der Waals surface area contributed by atoms with Crippen molar-refractivity contribution in [3.8, 4) is 0 Å². The van der Waals surface area contributed by atoms with Crippen molar-refractivity contribution in [3.05, 3.63) is 63.9 Å². The van der Waals surface area contributed by atoms with E-state index in [0.717, 1.165) is 0 Å². The van der Waals surface area contributed by atoms with Gasteiger partial charge in [-0.1, -0.05) is 23.7 Å². The van der Waals surface area contributed by atoms with E-state index in [9.17, 15) is 9.18 Å². The highest BCUT2D eigenvalue weighted by atomic mass is 35.5. The molecular formula is C16H16ClFN2O. The quantitative estimate of drug-likeness (QED) is 0.846. The molecular weight excluding hydrogens is 291 g/mol. The number of rotatable bonds is 3. The lowest BCUT2D eigenvalue weighted by Gasteiger charge is -2.15. The minimum atomic E-state index is -0.332.